The molecule has 116 valence electrons. The third kappa shape index (κ3) is 2.36. The molecule has 2 unspecified atom stereocenters. The van der Waals surface area contributed by atoms with Crippen molar-refractivity contribution in [3.05, 3.63) is 16.4 Å². The zero-order valence-electron chi connectivity index (χ0n) is 12.4. The molecule has 0 radical (unpaired) electrons. The summed E-state index contributed by atoms with van der Waals surface area (Å²) >= 11 is 6.36. The second-order valence-electron chi connectivity index (χ2n) is 6.18. The molecule has 6 heteroatoms. The zero-order chi connectivity index (χ0) is 15.2. The number of hydrogen-bond donors (Lipinski definition) is 1. The first-order chi connectivity index (χ1) is 9.99. The average Bonchev–Trinajstić information content (AvgIpc) is 3.15. The minimum Gasteiger partial charge on any atom is -0.481 e. The van der Waals surface area contributed by atoms with Crippen LogP contribution in [0.3, 0.4) is 0 Å². The minimum absolute atomic E-state index is 0.188. The van der Waals surface area contributed by atoms with Crippen molar-refractivity contribution in [2.24, 2.45) is 11.3 Å². The third-order valence-electron chi connectivity index (χ3n) is 4.80. The van der Waals surface area contributed by atoms with Crippen molar-refractivity contribution >= 4 is 17.6 Å². The van der Waals surface area contributed by atoms with Gasteiger partial charge in [0.15, 0.2) is 0 Å². The number of halogens is 1. The highest BCUT2D eigenvalue weighted by Gasteiger charge is 2.56. The molecule has 1 saturated heterocycles. The monoisotopic (exact) mass is 312 g/mol. The van der Waals surface area contributed by atoms with E-state index in [1.54, 1.807) is 0 Å². The lowest BCUT2D eigenvalue weighted by Gasteiger charge is -2.30. The normalized spacial score (nSPS) is 29.0. The van der Waals surface area contributed by atoms with Crippen LogP contribution in [0.15, 0.2) is 0 Å². The first-order valence-corrected chi connectivity index (χ1v) is 7.94. The Morgan fingerprint density at radius 1 is 1.57 bits per heavy atom. The summed E-state index contributed by atoms with van der Waals surface area (Å²) in [7, 11) is 0. The number of carboxylic acids is 1. The van der Waals surface area contributed by atoms with Gasteiger partial charge in [-0.1, -0.05) is 11.6 Å². The van der Waals surface area contributed by atoms with Gasteiger partial charge in [-0.2, -0.15) is 5.10 Å². The lowest BCUT2D eigenvalue weighted by Crippen LogP contribution is -2.42. The van der Waals surface area contributed by atoms with E-state index in [1.807, 2.05) is 18.5 Å². The number of ether oxygens (including phenoxy) is 1. The van der Waals surface area contributed by atoms with E-state index in [1.165, 1.54) is 0 Å². The fourth-order valence-corrected chi connectivity index (χ4v) is 3.69. The fourth-order valence-electron chi connectivity index (χ4n) is 3.49. The van der Waals surface area contributed by atoms with E-state index >= 15 is 0 Å². The Morgan fingerprint density at radius 3 is 2.86 bits per heavy atom. The number of aromatic nitrogens is 2. The summed E-state index contributed by atoms with van der Waals surface area (Å²) in [5, 5.41) is 14.9. The van der Waals surface area contributed by atoms with Gasteiger partial charge >= 0.3 is 5.97 Å². The molecule has 0 amide bonds. The van der Waals surface area contributed by atoms with Gasteiger partial charge in [0, 0.05) is 19.6 Å². The summed E-state index contributed by atoms with van der Waals surface area (Å²) in [6.45, 7) is 5.05. The molecule has 0 bridgehead atoms. The van der Waals surface area contributed by atoms with E-state index in [2.05, 4.69) is 5.10 Å². The molecular weight excluding hydrogens is 292 g/mol. The lowest BCUT2D eigenvalue weighted by atomic mass is 9.75. The van der Waals surface area contributed by atoms with Crippen LogP contribution in [-0.2, 0) is 22.5 Å². The Hall–Kier alpha value is -1.07. The summed E-state index contributed by atoms with van der Waals surface area (Å²) in [6, 6.07) is 0. The fraction of sp³-hybridized carbons (Fsp3) is 0.733. The molecule has 2 fully saturated rings. The molecule has 1 aromatic heterocycles. The number of aryl methyl sites for hydroxylation is 2. The maximum Gasteiger partial charge on any atom is 0.312 e. The molecule has 5 nitrogen and oxygen atoms in total. The maximum atomic E-state index is 12.0. The molecule has 1 aliphatic heterocycles. The molecule has 2 heterocycles. The molecule has 21 heavy (non-hydrogen) atoms. The number of carboxylic acid groups (broad SMARTS) is 1. The van der Waals surface area contributed by atoms with Gasteiger partial charge in [-0.3, -0.25) is 9.48 Å². The third-order valence-corrected chi connectivity index (χ3v) is 5.29. The van der Waals surface area contributed by atoms with Crippen LogP contribution >= 0.6 is 11.6 Å². The van der Waals surface area contributed by atoms with Crippen molar-refractivity contribution in [3.63, 3.8) is 0 Å². The van der Waals surface area contributed by atoms with E-state index in [-0.39, 0.29) is 6.10 Å². The van der Waals surface area contributed by atoms with Crippen LogP contribution in [0.5, 0.6) is 0 Å². The number of nitrogens with zero attached hydrogens (tertiary/aromatic N) is 2. The Bertz CT molecular complexity index is 568. The van der Waals surface area contributed by atoms with Crippen LogP contribution in [0.2, 0.25) is 5.02 Å². The molecule has 1 saturated carbocycles. The molecule has 0 aromatic carbocycles. The number of carbonyl (C=O) groups is 1. The summed E-state index contributed by atoms with van der Waals surface area (Å²) in [4.78, 5) is 12.0. The first-order valence-electron chi connectivity index (χ1n) is 7.56. The van der Waals surface area contributed by atoms with Crippen LogP contribution in [0, 0.1) is 18.3 Å². The van der Waals surface area contributed by atoms with E-state index in [9.17, 15) is 9.90 Å². The number of rotatable bonds is 5. The molecule has 2 atom stereocenters. The first kappa shape index (κ1) is 14.9. The zero-order valence-corrected chi connectivity index (χ0v) is 13.2. The maximum absolute atomic E-state index is 12.0. The molecule has 3 rings (SSSR count). The summed E-state index contributed by atoms with van der Waals surface area (Å²) < 4.78 is 7.62. The van der Waals surface area contributed by atoms with Gasteiger partial charge in [-0.25, -0.2) is 0 Å². The smallest absolute Gasteiger partial charge is 0.312 e. The van der Waals surface area contributed by atoms with Gasteiger partial charge in [-0.05, 0) is 39.0 Å². The van der Waals surface area contributed by atoms with Gasteiger partial charge in [-0.15, -0.1) is 0 Å². The standard InChI is InChI=1S/C15H21ClN2O3/c1-3-18-11(12(16)9(2)17-18)8-15(14(19)20)6-7-21-13(15)10-4-5-10/h10,13H,3-8H2,1-2H3,(H,19,20). The molecule has 1 aliphatic carbocycles. The van der Waals surface area contributed by atoms with Crippen molar-refractivity contribution in [2.45, 2.75) is 52.2 Å². The van der Waals surface area contributed by atoms with Crippen LogP contribution < -0.4 is 0 Å². The molecule has 0 spiro atoms. The Morgan fingerprint density at radius 2 is 2.29 bits per heavy atom. The van der Waals surface area contributed by atoms with Crippen molar-refractivity contribution in [2.75, 3.05) is 6.61 Å². The Balaban J connectivity index is 1.98. The van der Waals surface area contributed by atoms with Gasteiger partial charge in [0.1, 0.15) is 5.41 Å². The molecule has 1 N–H and O–H groups in total. The SMILES string of the molecule is CCn1nc(C)c(Cl)c1CC1(C(=O)O)CCOC1C1CC1. The van der Waals surface area contributed by atoms with Crippen molar-refractivity contribution in [1.29, 1.82) is 0 Å². The van der Waals surface area contributed by atoms with Gasteiger partial charge in [0.25, 0.3) is 0 Å². The van der Waals surface area contributed by atoms with Gasteiger partial charge in [0.05, 0.1) is 22.5 Å². The Labute approximate surface area is 129 Å². The van der Waals surface area contributed by atoms with Crippen LogP contribution in [0.1, 0.15) is 37.6 Å². The van der Waals surface area contributed by atoms with Crippen molar-refractivity contribution in [3.8, 4) is 0 Å². The summed E-state index contributed by atoms with van der Waals surface area (Å²) in [5.74, 6) is -0.379. The van der Waals surface area contributed by atoms with E-state index in [0.717, 1.165) is 24.2 Å². The number of hydrogen-bond acceptors (Lipinski definition) is 3. The molecule has 1 aromatic rings. The van der Waals surface area contributed by atoms with E-state index < -0.39 is 11.4 Å². The topological polar surface area (TPSA) is 64.4 Å². The van der Waals surface area contributed by atoms with Gasteiger partial charge < -0.3 is 9.84 Å². The summed E-state index contributed by atoms with van der Waals surface area (Å²) in [5.41, 5.74) is 0.732. The largest absolute Gasteiger partial charge is 0.481 e. The van der Waals surface area contributed by atoms with Crippen LogP contribution in [0.25, 0.3) is 0 Å². The number of aliphatic carboxylic acids is 1. The van der Waals surface area contributed by atoms with Crippen molar-refractivity contribution < 1.29 is 14.6 Å². The molecular formula is C15H21ClN2O3. The van der Waals surface area contributed by atoms with Gasteiger partial charge in [0.2, 0.25) is 0 Å². The Kier molecular flexibility index (Phi) is 3.74. The van der Waals surface area contributed by atoms with Crippen molar-refractivity contribution in [1.82, 2.24) is 9.78 Å². The van der Waals surface area contributed by atoms with Crippen LogP contribution in [-0.4, -0.2) is 33.6 Å². The minimum atomic E-state index is -0.857. The van der Waals surface area contributed by atoms with E-state index in [4.69, 9.17) is 16.3 Å². The quantitative estimate of drug-likeness (QED) is 0.908. The second-order valence-corrected chi connectivity index (χ2v) is 6.56. The molecule has 2 aliphatic rings. The average molecular weight is 313 g/mol. The highest BCUT2D eigenvalue weighted by atomic mass is 35.5. The van der Waals surface area contributed by atoms with E-state index in [0.29, 0.717) is 36.9 Å². The lowest BCUT2D eigenvalue weighted by molar-refractivity contribution is -0.153. The predicted molar refractivity (Wildman–Crippen MR) is 78.5 cm³/mol. The predicted octanol–water partition coefficient (Wildman–Crippen LogP) is 2.68. The highest BCUT2D eigenvalue weighted by molar-refractivity contribution is 6.31. The summed E-state index contributed by atoms with van der Waals surface area (Å²) in [6.07, 6.45) is 2.90. The van der Waals surface area contributed by atoms with Crippen LogP contribution in [0.4, 0.5) is 0 Å². The second kappa shape index (κ2) is 5.29. The highest BCUT2D eigenvalue weighted by Crippen LogP contribution is 2.50.